The van der Waals surface area contributed by atoms with E-state index in [2.05, 4.69) is 47.8 Å². The highest BCUT2D eigenvalue weighted by atomic mass is 32.2. The lowest BCUT2D eigenvalue weighted by molar-refractivity contribution is -0.119. The van der Waals surface area contributed by atoms with Gasteiger partial charge in [-0.3, -0.25) is 4.79 Å². The summed E-state index contributed by atoms with van der Waals surface area (Å²) >= 11 is 1.65. The van der Waals surface area contributed by atoms with E-state index < -0.39 is 0 Å². The van der Waals surface area contributed by atoms with Crippen molar-refractivity contribution in [2.24, 2.45) is 0 Å². The molecule has 0 heterocycles. The molecule has 3 heteroatoms. The molecule has 1 amide bonds. The molecule has 0 radical (unpaired) electrons. The highest BCUT2D eigenvalue weighted by Crippen LogP contribution is 2.19. The number of rotatable bonds is 6. The molecule has 3 aromatic carbocycles. The maximum atomic E-state index is 12.1. The zero-order valence-corrected chi connectivity index (χ0v) is 14.6. The summed E-state index contributed by atoms with van der Waals surface area (Å²) in [6.45, 7) is 2.02. The molecule has 1 unspecified atom stereocenters. The van der Waals surface area contributed by atoms with E-state index in [1.165, 1.54) is 16.3 Å². The third-order valence-electron chi connectivity index (χ3n) is 3.99. The summed E-state index contributed by atoms with van der Waals surface area (Å²) in [5, 5.41) is 5.55. The molecule has 3 aromatic rings. The number of carbonyl (C=O) groups is 1. The summed E-state index contributed by atoms with van der Waals surface area (Å²) in [5.41, 5.74) is 2.38. The number of hydrogen-bond acceptors (Lipinski definition) is 2. The van der Waals surface area contributed by atoms with Crippen LogP contribution in [0.4, 0.5) is 0 Å². The zero-order chi connectivity index (χ0) is 16.8. The number of hydrogen-bond donors (Lipinski definition) is 1. The Labute approximate surface area is 147 Å². The van der Waals surface area contributed by atoms with Gasteiger partial charge in [0.05, 0.1) is 11.8 Å². The second kappa shape index (κ2) is 8.02. The van der Waals surface area contributed by atoms with Crippen molar-refractivity contribution in [2.75, 3.05) is 5.75 Å². The van der Waals surface area contributed by atoms with Crippen molar-refractivity contribution in [1.29, 1.82) is 0 Å². The number of fused-ring (bicyclic) bond motifs is 1. The van der Waals surface area contributed by atoms with E-state index in [-0.39, 0.29) is 11.9 Å². The highest BCUT2D eigenvalue weighted by Gasteiger charge is 2.09. The minimum absolute atomic E-state index is 0.0416. The van der Waals surface area contributed by atoms with Crippen molar-refractivity contribution in [1.82, 2.24) is 5.32 Å². The number of nitrogens with one attached hydrogen (secondary N) is 1. The predicted octanol–water partition coefficient (Wildman–Crippen LogP) is 4.95. The van der Waals surface area contributed by atoms with Crippen molar-refractivity contribution in [3.05, 3.63) is 83.9 Å². The summed E-state index contributed by atoms with van der Waals surface area (Å²) in [6, 6.07) is 24.9. The Morgan fingerprint density at radius 3 is 2.46 bits per heavy atom. The van der Waals surface area contributed by atoms with Gasteiger partial charge in [0.1, 0.15) is 0 Å². The first-order valence-corrected chi connectivity index (χ1v) is 9.27. The topological polar surface area (TPSA) is 29.1 Å². The lowest BCUT2D eigenvalue weighted by atomic mass is 10.1. The smallest absolute Gasteiger partial charge is 0.230 e. The monoisotopic (exact) mass is 335 g/mol. The summed E-state index contributed by atoms with van der Waals surface area (Å²) in [6.07, 6.45) is 0. The molecule has 3 rings (SSSR count). The second-order valence-corrected chi connectivity index (χ2v) is 6.86. The fourth-order valence-electron chi connectivity index (χ4n) is 2.70. The van der Waals surface area contributed by atoms with Crippen LogP contribution in [0.25, 0.3) is 10.8 Å². The molecular weight excluding hydrogens is 314 g/mol. The molecule has 0 aromatic heterocycles. The quantitative estimate of drug-likeness (QED) is 0.690. The van der Waals surface area contributed by atoms with Gasteiger partial charge in [0.15, 0.2) is 0 Å². The minimum atomic E-state index is 0.0416. The molecule has 1 N–H and O–H groups in total. The summed E-state index contributed by atoms with van der Waals surface area (Å²) in [7, 11) is 0. The van der Waals surface area contributed by atoms with E-state index in [0.29, 0.717) is 5.75 Å². The first kappa shape index (κ1) is 16.6. The van der Waals surface area contributed by atoms with E-state index in [0.717, 1.165) is 11.3 Å². The molecule has 0 aliphatic rings. The van der Waals surface area contributed by atoms with Gasteiger partial charge in [0.2, 0.25) is 5.91 Å². The van der Waals surface area contributed by atoms with Crippen molar-refractivity contribution in [3.63, 3.8) is 0 Å². The SMILES string of the molecule is CC(NC(=O)CSCc1ccc2ccccc2c1)c1ccccc1. The molecule has 0 bridgehead atoms. The second-order valence-electron chi connectivity index (χ2n) is 5.87. The summed E-state index contributed by atoms with van der Waals surface area (Å²) in [5.74, 6) is 1.40. The van der Waals surface area contributed by atoms with Crippen LogP contribution in [-0.4, -0.2) is 11.7 Å². The first-order valence-electron chi connectivity index (χ1n) is 8.12. The number of amides is 1. The van der Waals surface area contributed by atoms with Gasteiger partial charge >= 0.3 is 0 Å². The lowest BCUT2D eigenvalue weighted by Gasteiger charge is -2.14. The predicted molar refractivity (Wildman–Crippen MR) is 103 cm³/mol. The fourth-order valence-corrected chi connectivity index (χ4v) is 3.48. The Morgan fingerprint density at radius 1 is 0.958 bits per heavy atom. The average molecular weight is 335 g/mol. The van der Waals surface area contributed by atoms with Crippen molar-refractivity contribution < 1.29 is 4.79 Å². The third-order valence-corrected chi connectivity index (χ3v) is 5.00. The molecule has 0 spiro atoms. The first-order chi connectivity index (χ1) is 11.7. The molecule has 0 saturated carbocycles. The summed E-state index contributed by atoms with van der Waals surface area (Å²) in [4.78, 5) is 12.1. The van der Waals surface area contributed by atoms with Crippen LogP contribution in [0.3, 0.4) is 0 Å². The van der Waals surface area contributed by atoms with E-state index in [4.69, 9.17) is 0 Å². The molecule has 2 nitrogen and oxygen atoms in total. The Hall–Kier alpha value is -2.26. The van der Waals surface area contributed by atoms with Gasteiger partial charge in [-0.1, -0.05) is 72.8 Å². The van der Waals surface area contributed by atoms with Crippen LogP contribution < -0.4 is 5.32 Å². The average Bonchev–Trinajstić information content (AvgIpc) is 2.62. The van der Waals surface area contributed by atoms with E-state index in [1.807, 2.05) is 37.3 Å². The molecular formula is C21H21NOS. The molecule has 0 saturated heterocycles. The van der Waals surface area contributed by atoms with Crippen LogP contribution in [0.5, 0.6) is 0 Å². The van der Waals surface area contributed by atoms with Crippen LogP contribution in [0.2, 0.25) is 0 Å². The minimum Gasteiger partial charge on any atom is -0.349 e. The lowest BCUT2D eigenvalue weighted by Crippen LogP contribution is -2.28. The van der Waals surface area contributed by atoms with Crippen LogP contribution in [0, 0.1) is 0 Å². The van der Waals surface area contributed by atoms with Crippen molar-refractivity contribution in [3.8, 4) is 0 Å². The van der Waals surface area contributed by atoms with Gasteiger partial charge in [-0.25, -0.2) is 0 Å². The van der Waals surface area contributed by atoms with Gasteiger partial charge in [-0.15, -0.1) is 11.8 Å². The van der Waals surface area contributed by atoms with Crippen LogP contribution in [0.1, 0.15) is 24.1 Å². The Morgan fingerprint density at radius 2 is 1.67 bits per heavy atom. The largest absolute Gasteiger partial charge is 0.349 e. The third kappa shape index (κ3) is 4.39. The molecule has 0 fully saturated rings. The van der Waals surface area contributed by atoms with Gasteiger partial charge < -0.3 is 5.32 Å². The molecule has 24 heavy (non-hydrogen) atoms. The van der Waals surface area contributed by atoms with Crippen molar-refractivity contribution in [2.45, 2.75) is 18.7 Å². The van der Waals surface area contributed by atoms with Gasteiger partial charge in [-0.2, -0.15) is 0 Å². The molecule has 0 aliphatic heterocycles. The highest BCUT2D eigenvalue weighted by molar-refractivity contribution is 7.99. The molecule has 0 aliphatic carbocycles. The molecule has 1 atom stereocenters. The summed E-state index contributed by atoms with van der Waals surface area (Å²) < 4.78 is 0. The van der Waals surface area contributed by atoms with Gasteiger partial charge in [0, 0.05) is 5.75 Å². The Kier molecular flexibility index (Phi) is 5.55. The van der Waals surface area contributed by atoms with Crippen LogP contribution in [0.15, 0.2) is 72.8 Å². The normalized spacial score (nSPS) is 12.0. The Bertz CT molecular complexity index is 816. The zero-order valence-electron chi connectivity index (χ0n) is 13.7. The van der Waals surface area contributed by atoms with Crippen LogP contribution >= 0.6 is 11.8 Å². The van der Waals surface area contributed by atoms with E-state index in [9.17, 15) is 4.79 Å². The number of thioether (sulfide) groups is 1. The maximum Gasteiger partial charge on any atom is 0.230 e. The van der Waals surface area contributed by atoms with E-state index in [1.54, 1.807) is 11.8 Å². The molecule has 122 valence electrons. The maximum absolute atomic E-state index is 12.1. The Balaban J connectivity index is 1.49. The van der Waals surface area contributed by atoms with Crippen molar-refractivity contribution >= 4 is 28.4 Å². The fraction of sp³-hybridized carbons (Fsp3) is 0.190. The van der Waals surface area contributed by atoms with E-state index >= 15 is 0 Å². The number of carbonyl (C=O) groups excluding carboxylic acids is 1. The van der Waals surface area contributed by atoms with Gasteiger partial charge in [0.25, 0.3) is 0 Å². The standard InChI is InChI=1S/C21H21NOS/c1-16(18-7-3-2-4-8-18)22-21(23)15-24-14-17-11-12-19-9-5-6-10-20(19)13-17/h2-13,16H,14-15H2,1H3,(H,22,23). The van der Waals surface area contributed by atoms with Gasteiger partial charge in [-0.05, 0) is 28.8 Å². The van der Waals surface area contributed by atoms with Crippen LogP contribution in [-0.2, 0) is 10.5 Å². The number of benzene rings is 3.